The van der Waals surface area contributed by atoms with Crippen LogP contribution >= 0.6 is 0 Å². The van der Waals surface area contributed by atoms with Crippen molar-refractivity contribution in [3.05, 3.63) is 0 Å². The van der Waals surface area contributed by atoms with Gasteiger partial charge in [0.25, 0.3) is 0 Å². The third-order valence-corrected chi connectivity index (χ3v) is 1.30. The molecule has 0 heterocycles. The molecule has 0 aliphatic heterocycles. The molecule has 0 aromatic carbocycles. The van der Waals surface area contributed by atoms with Gasteiger partial charge in [-0.2, -0.15) is 0 Å². The quantitative estimate of drug-likeness (QED) is 0.458. The fraction of sp³-hybridized carbons (Fsp3) is 0.625. The van der Waals surface area contributed by atoms with Crippen molar-refractivity contribution in [2.45, 2.75) is 26.1 Å². The van der Waals surface area contributed by atoms with Gasteiger partial charge in [-0.3, -0.25) is 14.4 Å². The van der Waals surface area contributed by atoms with Crippen LogP contribution in [0.3, 0.4) is 0 Å². The van der Waals surface area contributed by atoms with Gasteiger partial charge in [-0.1, -0.05) is 0 Å². The molecule has 2 atom stereocenters. The molecule has 0 saturated heterocycles. The van der Waals surface area contributed by atoms with Gasteiger partial charge in [0.2, 0.25) is 0 Å². The van der Waals surface area contributed by atoms with E-state index in [-0.39, 0.29) is 0 Å². The monoisotopic (exact) mass is 204 g/mol. The van der Waals surface area contributed by atoms with Crippen molar-refractivity contribution in [2.75, 3.05) is 6.61 Å². The van der Waals surface area contributed by atoms with Crippen LogP contribution in [0.25, 0.3) is 0 Å². The highest BCUT2D eigenvalue weighted by Crippen LogP contribution is 2.02. The molecule has 1 N–H and O–H groups in total. The van der Waals surface area contributed by atoms with Crippen LogP contribution in [0.4, 0.5) is 0 Å². The van der Waals surface area contributed by atoms with Crippen LogP contribution in [-0.4, -0.2) is 42.1 Å². The summed E-state index contributed by atoms with van der Waals surface area (Å²) in [6.07, 6.45) is -2.11. The second-order valence-electron chi connectivity index (χ2n) is 2.54. The van der Waals surface area contributed by atoms with Crippen LogP contribution < -0.4 is 0 Å². The van der Waals surface area contributed by atoms with Crippen LogP contribution in [0.5, 0.6) is 0 Å². The molecule has 0 fully saturated rings. The molecular weight excluding hydrogens is 192 g/mol. The maximum Gasteiger partial charge on any atom is 0.303 e. The Morgan fingerprint density at radius 2 is 1.79 bits per heavy atom. The molecular formula is C8H12O6. The molecule has 0 spiro atoms. The molecule has 0 amide bonds. The fourth-order valence-electron chi connectivity index (χ4n) is 0.804. The lowest BCUT2D eigenvalue weighted by Crippen LogP contribution is -2.38. The Balaban J connectivity index is 4.35. The standard InChI is InChI=1S/C8H12O6/c1-5(11)13-7(3-9)8(4-10)14-6(2)12/h3,7-8,10H,4H2,1-2H3/t7-,8+/m1/s1. The molecule has 0 aliphatic carbocycles. The first kappa shape index (κ1) is 12.6. The average Bonchev–Trinajstić information content (AvgIpc) is 2.10. The predicted molar refractivity (Wildman–Crippen MR) is 44.3 cm³/mol. The zero-order chi connectivity index (χ0) is 11.1. The molecule has 0 bridgehead atoms. The molecule has 0 aromatic rings. The van der Waals surface area contributed by atoms with Gasteiger partial charge in [-0.05, 0) is 0 Å². The van der Waals surface area contributed by atoms with Gasteiger partial charge in [-0.15, -0.1) is 0 Å². The topological polar surface area (TPSA) is 89.9 Å². The molecule has 6 heteroatoms. The largest absolute Gasteiger partial charge is 0.456 e. The summed E-state index contributed by atoms with van der Waals surface area (Å²) >= 11 is 0. The van der Waals surface area contributed by atoms with Crippen LogP contribution in [0.2, 0.25) is 0 Å². The zero-order valence-corrected chi connectivity index (χ0v) is 7.93. The van der Waals surface area contributed by atoms with E-state index in [9.17, 15) is 14.4 Å². The fourth-order valence-corrected chi connectivity index (χ4v) is 0.804. The highest BCUT2D eigenvalue weighted by molar-refractivity contribution is 5.71. The van der Waals surface area contributed by atoms with Crippen LogP contribution in [-0.2, 0) is 23.9 Å². The summed E-state index contributed by atoms with van der Waals surface area (Å²) in [5.74, 6) is -1.35. The molecule has 14 heavy (non-hydrogen) atoms. The molecule has 0 unspecified atom stereocenters. The van der Waals surface area contributed by atoms with E-state index in [1.165, 1.54) is 0 Å². The minimum Gasteiger partial charge on any atom is -0.456 e. The van der Waals surface area contributed by atoms with Crippen molar-refractivity contribution < 1.29 is 29.0 Å². The highest BCUT2D eigenvalue weighted by Gasteiger charge is 2.25. The number of esters is 2. The number of ether oxygens (including phenoxy) is 2. The van der Waals surface area contributed by atoms with E-state index in [1.54, 1.807) is 0 Å². The van der Waals surface area contributed by atoms with Crippen molar-refractivity contribution >= 4 is 18.2 Å². The summed E-state index contributed by atoms with van der Waals surface area (Å²) < 4.78 is 9.07. The number of hydrogen-bond acceptors (Lipinski definition) is 6. The number of carbonyl (C=O) groups excluding carboxylic acids is 3. The van der Waals surface area contributed by atoms with Crippen LogP contribution in [0.1, 0.15) is 13.8 Å². The molecule has 0 radical (unpaired) electrons. The Hall–Kier alpha value is -1.43. The molecule has 6 nitrogen and oxygen atoms in total. The summed E-state index contributed by atoms with van der Waals surface area (Å²) in [4.78, 5) is 31.5. The van der Waals surface area contributed by atoms with Gasteiger partial charge in [0.1, 0.15) is 0 Å². The smallest absolute Gasteiger partial charge is 0.303 e. The minimum absolute atomic E-state index is 0.297. The normalized spacial score (nSPS) is 13.9. The number of aldehydes is 1. The first-order chi connectivity index (χ1) is 6.51. The maximum absolute atomic E-state index is 10.5. The molecule has 0 saturated carbocycles. The number of carbonyl (C=O) groups is 3. The summed E-state index contributed by atoms with van der Waals surface area (Å²) in [7, 11) is 0. The third-order valence-electron chi connectivity index (χ3n) is 1.30. The number of hydrogen-bond donors (Lipinski definition) is 1. The van der Waals surface area contributed by atoms with Crippen molar-refractivity contribution in [1.29, 1.82) is 0 Å². The molecule has 0 aromatic heterocycles. The number of aliphatic hydroxyl groups excluding tert-OH is 1. The Morgan fingerprint density at radius 1 is 1.29 bits per heavy atom. The average molecular weight is 204 g/mol. The summed E-state index contributed by atoms with van der Waals surface area (Å²) in [5, 5.41) is 8.76. The number of aliphatic hydroxyl groups is 1. The van der Waals surface area contributed by atoms with Crippen molar-refractivity contribution in [3.8, 4) is 0 Å². The van der Waals surface area contributed by atoms with Gasteiger partial charge < -0.3 is 14.6 Å². The van der Waals surface area contributed by atoms with E-state index in [2.05, 4.69) is 9.47 Å². The van der Waals surface area contributed by atoms with Gasteiger partial charge in [-0.25, -0.2) is 0 Å². The number of rotatable bonds is 5. The van der Waals surface area contributed by atoms with Crippen LogP contribution in [0.15, 0.2) is 0 Å². The lowest BCUT2D eigenvalue weighted by molar-refractivity contribution is -0.169. The van der Waals surface area contributed by atoms with E-state index >= 15 is 0 Å². The second kappa shape index (κ2) is 6.09. The zero-order valence-electron chi connectivity index (χ0n) is 7.93. The first-order valence-electron chi connectivity index (χ1n) is 3.91. The van der Waals surface area contributed by atoms with Crippen LogP contribution in [0, 0.1) is 0 Å². The maximum atomic E-state index is 10.5. The lowest BCUT2D eigenvalue weighted by Gasteiger charge is -2.19. The van der Waals surface area contributed by atoms with Crippen molar-refractivity contribution in [2.24, 2.45) is 0 Å². The molecule has 0 rings (SSSR count). The minimum atomic E-state index is -1.26. The van der Waals surface area contributed by atoms with Gasteiger partial charge in [0.15, 0.2) is 18.5 Å². The van der Waals surface area contributed by atoms with Gasteiger partial charge in [0, 0.05) is 13.8 Å². The lowest BCUT2D eigenvalue weighted by atomic mass is 10.2. The third kappa shape index (κ3) is 4.56. The Kier molecular flexibility index (Phi) is 5.47. The van der Waals surface area contributed by atoms with E-state index in [1.807, 2.05) is 0 Å². The summed E-state index contributed by atoms with van der Waals surface area (Å²) in [5.41, 5.74) is 0. The first-order valence-corrected chi connectivity index (χ1v) is 3.91. The Labute approximate surface area is 80.8 Å². The van der Waals surface area contributed by atoms with E-state index in [0.29, 0.717) is 6.29 Å². The Morgan fingerprint density at radius 3 is 2.07 bits per heavy atom. The van der Waals surface area contributed by atoms with E-state index < -0.39 is 30.8 Å². The molecule has 80 valence electrons. The van der Waals surface area contributed by atoms with Crippen molar-refractivity contribution in [1.82, 2.24) is 0 Å². The SMILES string of the molecule is CC(=O)O[C@@H](CO)[C@@H](C=O)OC(C)=O. The summed E-state index contributed by atoms with van der Waals surface area (Å²) in [6.45, 7) is 1.65. The van der Waals surface area contributed by atoms with E-state index in [0.717, 1.165) is 13.8 Å². The van der Waals surface area contributed by atoms with E-state index in [4.69, 9.17) is 5.11 Å². The summed E-state index contributed by atoms with van der Waals surface area (Å²) in [6, 6.07) is 0. The predicted octanol–water partition coefficient (Wildman–Crippen LogP) is -0.959. The van der Waals surface area contributed by atoms with Gasteiger partial charge >= 0.3 is 11.9 Å². The Bertz CT molecular complexity index is 224. The molecule has 0 aliphatic rings. The highest BCUT2D eigenvalue weighted by atomic mass is 16.6. The van der Waals surface area contributed by atoms with Gasteiger partial charge in [0.05, 0.1) is 6.61 Å². The van der Waals surface area contributed by atoms with Crippen molar-refractivity contribution in [3.63, 3.8) is 0 Å². The second-order valence-corrected chi connectivity index (χ2v) is 2.54.